The summed E-state index contributed by atoms with van der Waals surface area (Å²) in [5.41, 5.74) is 0. The number of thiophene rings is 1. The Morgan fingerprint density at radius 2 is 2.07 bits per heavy atom. The van der Waals surface area contributed by atoms with Gasteiger partial charge in [0.25, 0.3) is 0 Å². The molecule has 4 rings (SSSR count). The summed E-state index contributed by atoms with van der Waals surface area (Å²) in [4.78, 5) is 22.9. The maximum absolute atomic E-state index is 12.5. The summed E-state index contributed by atoms with van der Waals surface area (Å²) in [6, 6.07) is 4.28. The monoisotopic (exact) mass is 419 g/mol. The second kappa shape index (κ2) is 9.89. The van der Waals surface area contributed by atoms with Gasteiger partial charge < -0.3 is 4.90 Å². The van der Waals surface area contributed by atoms with Crippen molar-refractivity contribution in [2.24, 2.45) is 5.92 Å². The van der Waals surface area contributed by atoms with E-state index in [0.717, 1.165) is 50.9 Å². The van der Waals surface area contributed by atoms with Crippen molar-refractivity contribution >= 4 is 29.0 Å². The van der Waals surface area contributed by atoms with Gasteiger partial charge in [0.2, 0.25) is 11.1 Å². The first kappa shape index (κ1) is 19.9. The lowest BCUT2D eigenvalue weighted by atomic mass is 10.0. The first-order valence-corrected chi connectivity index (χ1v) is 12.2. The van der Waals surface area contributed by atoms with E-state index in [1.54, 1.807) is 11.3 Å². The summed E-state index contributed by atoms with van der Waals surface area (Å²) in [5.74, 6) is 2.44. The summed E-state index contributed by atoms with van der Waals surface area (Å²) >= 11 is 3.25. The van der Waals surface area contributed by atoms with Crippen LogP contribution in [0, 0.1) is 5.92 Å². The van der Waals surface area contributed by atoms with Gasteiger partial charge in [-0.25, -0.2) is 4.98 Å². The van der Waals surface area contributed by atoms with Crippen molar-refractivity contribution in [3.05, 3.63) is 28.2 Å². The van der Waals surface area contributed by atoms with Gasteiger partial charge in [0, 0.05) is 44.0 Å². The molecular formula is C20H29N5OS2. The molecule has 28 heavy (non-hydrogen) atoms. The SMILES string of the molecule is O=C(CSc1n[nH]c(CCC2CCCC2)n1)N1CCN(Cc2cccs2)CC1. The molecule has 8 heteroatoms. The number of piperazine rings is 1. The molecule has 0 radical (unpaired) electrons. The number of rotatable bonds is 8. The van der Waals surface area contributed by atoms with E-state index in [1.807, 2.05) is 4.90 Å². The average Bonchev–Trinajstić information content (AvgIpc) is 3.48. The summed E-state index contributed by atoms with van der Waals surface area (Å²) in [6.45, 7) is 4.51. The van der Waals surface area contributed by atoms with E-state index in [2.05, 4.69) is 37.6 Å². The first-order valence-electron chi connectivity index (χ1n) is 10.3. The third kappa shape index (κ3) is 5.58. The van der Waals surface area contributed by atoms with E-state index in [1.165, 1.54) is 48.7 Å². The van der Waals surface area contributed by atoms with E-state index < -0.39 is 0 Å². The normalized spacial score (nSPS) is 18.8. The second-order valence-corrected chi connectivity index (χ2v) is 9.75. The Labute approximate surface area is 175 Å². The number of amides is 1. The summed E-state index contributed by atoms with van der Waals surface area (Å²) in [5, 5.41) is 10.1. The molecule has 1 aliphatic heterocycles. The summed E-state index contributed by atoms with van der Waals surface area (Å²) < 4.78 is 0. The van der Waals surface area contributed by atoms with E-state index in [0.29, 0.717) is 10.9 Å². The largest absolute Gasteiger partial charge is 0.339 e. The molecule has 2 fully saturated rings. The number of carbonyl (C=O) groups excluding carboxylic acids is 1. The van der Waals surface area contributed by atoms with Gasteiger partial charge in [0.1, 0.15) is 5.82 Å². The molecule has 1 amide bonds. The van der Waals surface area contributed by atoms with Gasteiger partial charge in [0.05, 0.1) is 5.75 Å². The number of aromatic nitrogens is 3. The van der Waals surface area contributed by atoms with Gasteiger partial charge in [0.15, 0.2) is 0 Å². The molecule has 0 unspecified atom stereocenters. The Hall–Kier alpha value is -1.38. The van der Waals surface area contributed by atoms with Crippen LogP contribution in [0.4, 0.5) is 0 Å². The van der Waals surface area contributed by atoms with Crippen molar-refractivity contribution in [2.75, 3.05) is 31.9 Å². The lowest BCUT2D eigenvalue weighted by Crippen LogP contribution is -2.48. The maximum Gasteiger partial charge on any atom is 0.233 e. The highest BCUT2D eigenvalue weighted by molar-refractivity contribution is 7.99. The number of nitrogens with one attached hydrogen (secondary N) is 1. The lowest BCUT2D eigenvalue weighted by Gasteiger charge is -2.34. The zero-order valence-electron chi connectivity index (χ0n) is 16.3. The number of carbonyl (C=O) groups is 1. The molecule has 1 saturated heterocycles. The molecule has 0 bridgehead atoms. The smallest absolute Gasteiger partial charge is 0.233 e. The van der Waals surface area contributed by atoms with Gasteiger partial charge in [-0.3, -0.25) is 14.8 Å². The second-order valence-electron chi connectivity index (χ2n) is 7.78. The van der Waals surface area contributed by atoms with Crippen LogP contribution in [-0.4, -0.2) is 62.8 Å². The minimum Gasteiger partial charge on any atom is -0.339 e. The molecule has 0 aromatic carbocycles. The minimum atomic E-state index is 0.193. The van der Waals surface area contributed by atoms with E-state index in [9.17, 15) is 4.79 Å². The number of hydrogen-bond acceptors (Lipinski definition) is 6. The van der Waals surface area contributed by atoms with E-state index in [-0.39, 0.29) is 5.91 Å². The lowest BCUT2D eigenvalue weighted by molar-refractivity contribution is -0.130. The number of nitrogens with zero attached hydrogens (tertiary/aromatic N) is 4. The molecule has 6 nitrogen and oxygen atoms in total. The van der Waals surface area contributed by atoms with Crippen LogP contribution in [-0.2, 0) is 17.8 Å². The molecule has 0 atom stereocenters. The number of hydrogen-bond donors (Lipinski definition) is 1. The third-order valence-electron chi connectivity index (χ3n) is 5.78. The molecule has 152 valence electrons. The Balaban J connectivity index is 1.15. The highest BCUT2D eigenvalue weighted by atomic mass is 32.2. The van der Waals surface area contributed by atoms with Crippen LogP contribution >= 0.6 is 23.1 Å². The zero-order valence-corrected chi connectivity index (χ0v) is 17.9. The average molecular weight is 420 g/mol. The van der Waals surface area contributed by atoms with Gasteiger partial charge in [-0.1, -0.05) is 43.5 Å². The van der Waals surface area contributed by atoms with Crippen LogP contribution in [0.5, 0.6) is 0 Å². The highest BCUT2D eigenvalue weighted by Gasteiger charge is 2.22. The van der Waals surface area contributed by atoms with Crippen molar-refractivity contribution in [3.8, 4) is 0 Å². The summed E-state index contributed by atoms with van der Waals surface area (Å²) in [7, 11) is 0. The number of thioether (sulfide) groups is 1. The van der Waals surface area contributed by atoms with E-state index >= 15 is 0 Å². The van der Waals surface area contributed by atoms with Crippen molar-refractivity contribution in [3.63, 3.8) is 0 Å². The van der Waals surface area contributed by atoms with Crippen LogP contribution in [0.3, 0.4) is 0 Å². The maximum atomic E-state index is 12.5. The molecule has 2 aliphatic rings. The minimum absolute atomic E-state index is 0.193. The summed E-state index contributed by atoms with van der Waals surface area (Å²) in [6.07, 6.45) is 7.67. The predicted octanol–water partition coefficient (Wildman–Crippen LogP) is 3.43. The van der Waals surface area contributed by atoms with Gasteiger partial charge in [-0.2, -0.15) is 0 Å². The fourth-order valence-electron chi connectivity index (χ4n) is 4.09. The number of H-pyrrole nitrogens is 1. The van der Waals surface area contributed by atoms with Crippen molar-refractivity contribution in [2.45, 2.75) is 50.2 Å². The quantitative estimate of drug-likeness (QED) is 0.664. The third-order valence-corrected chi connectivity index (χ3v) is 7.48. The fraction of sp³-hybridized carbons (Fsp3) is 0.650. The van der Waals surface area contributed by atoms with Crippen LogP contribution in [0.1, 0.15) is 42.8 Å². The molecule has 2 aromatic heterocycles. The fourth-order valence-corrected chi connectivity index (χ4v) is 5.56. The molecule has 3 heterocycles. The Morgan fingerprint density at radius 1 is 1.25 bits per heavy atom. The molecule has 1 aliphatic carbocycles. The van der Waals surface area contributed by atoms with Gasteiger partial charge >= 0.3 is 0 Å². The van der Waals surface area contributed by atoms with Crippen LogP contribution in [0.2, 0.25) is 0 Å². The van der Waals surface area contributed by atoms with Crippen LogP contribution in [0.15, 0.2) is 22.7 Å². The van der Waals surface area contributed by atoms with Gasteiger partial charge in [-0.05, 0) is 23.8 Å². The Morgan fingerprint density at radius 3 is 2.82 bits per heavy atom. The Bertz CT molecular complexity index is 734. The molecule has 1 N–H and O–H groups in total. The predicted molar refractivity (Wildman–Crippen MR) is 114 cm³/mol. The van der Waals surface area contributed by atoms with Crippen LogP contribution in [0.25, 0.3) is 0 Å². The first-order chi connectivity index (χ1) is 13.8. The number of aryl methyl sites for hydroxylation is 1. The standard InChI is InChI=1S/C20H29N5OS2/c26-19(25-11-9-24(10-12-25)14-17-6-3-13-27-17)15-28-20-21-18(22-23-20)8-7-16-4-1-2-5-16/h3,6,13,16H,1-2,4-5,7-12,14-15H2,(H,21,22,23). The van der Waals surface area contributed by atoms with Gasteiger partial charge in [-0.15, -0.1) is 16.4 Å². The highest BCUT2D eigenvalue weighted by Crippen LogP contribution is 2.28. The molecular weight excluding hydrogens is 390 g/mol. The zero-order chi connectivity index (χ0) is 19.2. The Kier molecular flexibility index (Phi) is 7.04. The molecule has 0 spiro atoms. The van der Waals surface area contributed by atoms with Crippen LogP contribution < -0.4 is 0 Å². The molecule has 1 saturated carbocycles. The van der Waals surface area contributed by atoms with E-state index in [4.69, 9.17) is 0 Å². The molecule has 2 aromatic rings. The van der Waals surface area contributed by atoms with Crippen molar-refractivity contribution in [1.82, 2.24) is 25.0 Å². The van der Waals surface area contributed by atoms with Crippen molar-refractivity contribution in [1.29, 1.82) is 0 Å². The topological polar surface area (TPSA) is 65.1 Å². The van der Waals surface area contributed by atoms with Crippen molar-refractivity contribution < 1.29 is 4.79 Å². The number of aromatic amines is 1.